The van der Waals surface area contributed by atoms with Crippen molar-refractivity contribution in [3.8, 4) is 0 Å². The summed E-state index contributed by atoms with van der Waals surface area (Å²) in [5.74, 6) is -0.307. The van der Waals surface area contributed by atoms with E-state index in [0.29, 0.717) is 27.0 Å². The number of rotatable bonds is 5. The third-order valence-electron chi connectivity index (χ3n) is 3.76. The SMILES string of the molecule is O=C(CCC(=O)c1ccc(Cl)cc1)Nc1nc2c(s1)C(=O)CCC2. The summed E-state index contributed by atoms with van der Waals surface area (Å²) in [7, 11) is 0. The number of ketones is 2. The predicted octanol–water partition coefficient (Wildman–Crippen LogP) is 3.92. The smallest absolute Gasteiger partial charge is 0.226 e. The van der Waals surface area contributed by atoms with Crippen LogP contribution in [0.3, 0.4) is 0 Å². The third-order valence-corrected chi connectivity index (χ3v) is 5.07. The minimum atomic E-state index is -0.282. The first-order valence-electron chi connectivity index (χ1n) is 7.64. The molecule has 0 unspecified atom stereocenters. The summed E-state index contributed by atoms with van der Waals surface area (Å²) in [5.41, 5.74) is 1.30. The average Bonchev–Trinajstić information content (AvgIpc) is 2.97. The van der Waals surface area contributed by atoms with Gasteiger partial charge in [0.1, 0.15) is 0 Å². The number of thiazole rings is 1. The van der Waals surface area contributed by atoms with Crippen LogP contribution in [0.2, 0.25) is 5.02 Å². The number of nitrogens with one attached hydrogen (secondary N) is 1. The van der Waals surface area contributed by atoms with Crippen LogP contribution in [0, 0.1) is 0 Å². The molecule has 1 amide bonds. The fraction of sp³-hybridized carbons (Fsp3) is 0.294. The summed E-state index contributed by atoms with van der Waals surface area (Å²) in [6.07, 6.45) is 2.29. The van der Waals surface area contributed by atoms with Crippen LogP contribution in [0.5, 0.6) is 0 Å². The zero-order valence-corrected chi connectivity index (χ0v) is 14.4. The molecule has 0 aliphatic heterocycles. The molecule has 1 aliphatic carbocycles. The number of fused-ring (bicyclic) bond motifs is 1. The van der Waals surface area contributed by atoms with Crippen molar-refractivity contribution < 1.29 is 14.4 Å². The molecule has 0 saturated carbocycles. The summed E-state index contributed by atoms with van der Waals surface area (Å²) < 4.78 is 0. The number of hydrogen-bond donors (Lipinski definition) is 1. The number of aryl methyl sites for hydroxylation is 1. The van der Waals surface area contributed by atoms with Gasteiger partial charge >= 0.3 is 0 Å². The number of nitrogens with zero attached hydrogens (tertiary/aromatic N) is 1. The van der Waals surface area contributed by atoms with Crippen molar-refractivity contribution in [3.63, 3.8) is 0 Å². The van der Waals surface area contributed by atoms with Crippen LogP contribution in [0.1, 0.15) is 51.4 Å². The van der Waals surface area contributed by atoms with E-state index < -0.39 is 0 Å². The highest BCUT2D eigenvalue weighted by atomic mass is 35.5. The van der Waals surface area contributed by atoms with Gasteiger partial charge in [0, 0.05) is 29.8 Å². The van der Waals surface area contributed by atoms with Crippen LogP contribution in [0.4, 0.5) is 5.13 Å². The van der Waals surface area contributed by atoms with Gasteiger partial charge in [-0.3, -0.25) is 14.4 Å². The second-order valence-electron chi connectivity index (χ2n) is 5.55. The Hall–Kier alpha value is -2.05. The number of carbonyl (C=O) groups excluding carboxylic acids is 3. The molecule has 124 valence electrons. The number of carbonyl (C=O) groups is 3. The van der Waals surface area contributed by atoms with Gasteiger partial charge in [-0.15, -0.1) is 0 Å². The largest absolute Gasteiger partial charge is 0.302 e. The lowest BCUT2D eigenvalue weighted by Crippen LogP contribution is -2.13. The fourth-order valence-electron chi connectivity index (χ4n) is 2.51. The standard InChI is InChI=1S/C17H15ClN2O3S/c18-11-6-4-10(5-7-11)13(21)8-9-15(23)20-17-19-12-2-1-3-14(22)16(12)24-17/h4-7H,1-3,8-9H2,(H,19,20,23). The zero-order valence-electron chi connectivity index (χ0n) is 12.8. The van der Waals surface area contributed by atoms with E-state index in [4.69, 9.17) is 11.6 Å². The van der Waals surface area contributed by atoms with Gasteiger partial charge in [-0.05, 0) is 37.1 Å². The predicted molar refractivity (Wildman–Crippen MR) is 93.0 cm³/mol. The number of amides is 1. The second-order valence-corrected chi connectivity index (χ2v) is 6.99. The lowest BCUT2D eigenvalue weighted by Gasteiger charge is -2.05. The number of halogens is 1. The van der Waals surface area contributed by atoms with Crippen LogP contribution in [0.25, 0.3) is 0 Å². The van der Waals surface area contributed by atoms with E-state index in [1.165, 1.54) is 11.3 Å². The van der Waals surface area contributed by atoms with Crippen molar-refractivity contribution >= 4 is 45.5 Å². The number of aromatic nitrogens is 1. The normalized spacial score (nSPS) is 13.5. The monoisotopic (exact) mass is 362 g/mol. The van der Waals surface area contributed by atoms with Gasteiger partial charge in [0.2, 0.25) is 5.91 Å². The third kappa shape index (κ3) is 3.88. The van der Waals surface area contributed by atoms with Crippen molar-refractivity contribution in [1.82, 2.24) is 4.98 Å². The Morgan fingerprint density at radius 3 is 2.62 bits per heavy atom. The van der Waals surface area contributed by atoms with Gasteiger partial charge in [0.15, 0.2) is 16.7 Å². The molecule has 1 N–H and O–H groups in total. The van der Waals surface area contributed by atoms with Gasteiger partial charge in [0.25, 0.3) is 0 Å². The van der Waals surface area contributed by atoms with Crippen LogP contribution >= 0.6 is 22.9 Å². The molecule has 1 aromatic heterocycles. The van der Waals surface area contributed by atoms with Crippen molar-refractivity contribution in [2.75, 3.05) is 5.32 Å². The maximum atomic E-state index is 12.0. The lowest BCUT2D eigenvalue weighted by atomic mass is 10.0. The zero-order chi connectivity index (χ0) is 17.1. The van der Waals surface area contributed by atoms with Gasteiger partial charge in [-0.1, -0.05) is 22.9 Å². The van der Waals surface area contributed by atoms with Crippen LogP contribution in [0.15, 0.2) is 24.3 Å². The van der Waals surface area contributed by atoms with Crippen molar-refractivity contribution in [3.05, 3.63) is 45.4 Å². The Balaban J connectivity index is 1.55. The maximum absolute atomic E-state index is 12.0. The Bertz CT molecular complexity index is 799. The van der Waals surface area contributed by atoms with E-state index in [9.17, 15) is 14.4 Å². The van der Waals surface area contributed by atoms with Gasteiger partial charge in [-0.2, -0.15) is 0 Å². The molecule has 0 spiro atoms. The quantitative estimate of drug-likeness (QED) is 0.818. The summed E-state index contributed by atoms with van der Waals surface area (Å²) in [6, 6.07) is 6.57. The molecule has 2 aromatic rings. The first-order chi connectivity index (χ1) is 11.5. The molecule has 0 atom stereocenters. The molecular formula is C17H15ClN2O3S. The topological polar surface area (TPSA) is 76.1 Å². The van der Waals surface area contributed by atoms with E-state index >= 15 is 0 Å². The fourth-order valence-corrected chi connectivity index (χ4v) is 3.63. The Morgan fingerprint density at radius 1 is 1.17 bits per heavy atom. The van der Waals surface area contributed by atoms with E-state index in [1.54, 1.807) is 24.3 Å². The van der Waals surface area contributed by atoms with E-state index in [2.05, 4.69) is 10.3 Å². The first kappa shape index (κ1) is 16.8. The van der Waals surface area contributed by atoms with Gasteiger partial charge in [0.05, 0.1) is 10.6 Å². The summed E-state index contributed by atoms with van der Waals surface area (Å²) in [5, 5.41) is 3.67. The molecule has 1 aliphatic rings. The van der Waals surface area contributed by atoms with Gasteiger partial charge < -0.3 is 5.32 Å². The summed E-state index contributed by atoms with van der Waals surface area (Å²) in [4.78, 5) is 40.8. The molecule has 0 fully saturated rings. The number of hydrogen-bond acceptors (Lipinski definition) is 5. The molecule has 5 nitrogen and oxygen atoms in total. The van der Waals surface area contributed by atoms with E-state index in [0.717, 1.165) is 18.5 Å². The molecule has 0 radical (unpaired) electrons. The van der Waals surface area contributed by atoms with Crippen LogP contribution < -0.4 is 5.32 Å². The molecule has 1 heterocycles. The maximum Gasteiger partial charge on any atom is 0.226 e. The average molecular weight is 363 g/mol. The minimum absolute atomic E-state index is 0.0691. The molecule has 0 saturated heterocycles. The van der Waals surface area contributed by atoms with Crippen LogP contribution in [-0.2, 0) is 11.2 Å². The highest BCUT2D eigenvalue weighted by Crippen LogP contribution is 2.29. The lowest BCUT2D eigenvalue weighted by molar-refractivity contribution is -0.116. The first-order valence-corrected chi connectivity index (χ1v) is 8.84. The molecule has 0 bridgehead atoms. The van der Waals surface area contributed by atoms with Crippen molar-refractivity contribution in [1.29, 1.82) is 0 Å². The minimum Gasteiger partial charge on any atom is -0.302 e. The number of Topliss-reactive ketones (excluding diaryl/α,β-unsaturated/α-hetero) is 2. The number of benzene rings is 1. The highest BCUT2D eigenvalue weighted by Gasteiger charge is 2.22. The number of anilines is 1. The van der Waals surface area contributed by atoms with E-state index in [1.807, 2.05) is 0 Å². The Kier molecular flexibility index (Phi) is 5.06. The van der Waals surface area contributed by atoms with Crippen LogP contribution in [-0.4, -0.2) is 22.5 Å². The van der Waals surface area contributed by atoms with Crippen molar-refractivity contribution in [2.24, 2.45) is 0 Å². The Morgan fingerprint density at radius 2 is 1.92 bits per heavy atom. The molecule has 7 heteroatoms. The highest BCUT2D eigenvalue weighted by molar-refractivity contribution is 7.17. The Labute approximate surface area is 148 Å². The second kappa shape index (κ2) is 7.23. The van der Waals surface area contributed by atoms with E-state index in [-0.39, 0.29) is 30.3 Å². The molecule has 24 heavy (non-hydrogen) atoms. The molecule has 1 aromatic carbocycles. The molecular weight excluding hydrogens is 348 g/mol. The van der Waals surface area contributed by atoms with Crippen molar-refractivity contribution in [2.45, 2.75) is 32.1 Å². The summed E-state index contributed by atoms with van der Waals surface area (Å²) >= 11 is 6.99. The molecule has 3 rings (SSSR count). The summed E-state index contributed by atoms with van der Waals surface area (Å²) in [6.45, 7) is 0. The van der Waals surface area contributed by atoms with Gasteiger partial charge in [-0.25, -0.2) is 4.98 Å².